The molecular weight excluding hydrogens is 291 g/mol. The number of halogens is 4. The number of carbonyl (C=O) groups is 1. The van der Waals surface area contributed by atoms with Gasteiger partial charge in [0.15, 0.2) is 0 Å². The Kier molecular flexibility index (Phi) is 6.98. The second-order valence-corrected chi connectivity index (χ2v) is 5.04. The highest BCUT2D eigenvalue weighted by atomic mass is 79.9. The predicted octanol–water partition coefficient (Wildman–Crippen LogP) is 2.20. The average Bonchev–Trinajstić information content (AvgIpc) is 2.09. The molecule has 0 aliphatic rings. The van der Waals surface area contributed by atoms with Crippen molar-refractivity contribution >= 4 is 21.8 Å². The van der Waals surface area contributed by atoms with Gasteiger partial charge < -0.3 is 9.64 Å². The lowest BCUT2D eigenvalue weighted by molar-refractivity contribution is -0.175. The van der Waals surface area contributed by atoms with Gasteiger partial charge >= 0.3 is 6.18 Å². The molecule has 7 heteroatoms. The Labute approximate surface area is 101 Å². The molecule has 0 N–H and O–H groups in total. The predicted molar refractivity (Wildman–Crippen MR) is 57.5 cm³/mol. The third-order valence-corrected chi connectivity index (χ3v) is 1.97. The van der Waals surface area contributed by atoms with Gasteiger partial charge in [-0.25, -0.2) is 0 Å². The molecule has 0 aromatic heterocycles. The van der Waals surface area contributed by atoms with Crippen molar-refractivity contribution in [3.8, 4) is 0 Å². The van der Waals surface area contributed by atoms with Crippen LogP contribution >= 0.6 is 15.9 Å². The van der Waals surface area contributed by atoms with E-state index in [-0.39, 0.29) is 23.8 Å². The van der Waals surface area contributed by atoms with Crippen LogP contribution in [-0.2, 0) is 9.53 Å². The Bertz CT molecular complexity index is 221. The second kappa shape index (κ2) is 7.11. The van der Waals surface area contributed by atoms with Gasteiger partial charge in [-0.1, -0.05) is 22.9 Å². The fraction of sp³-hybridized carbons (Fsp3) is 0.889. The monoisotopic (exact) mass is 305 g/mol. The summed E-state index contributed by atoms with van der Waals surface area (Å²) in [7, 11) is 1.60. The van der Waals surface area contributed by atoms with Crippen molar-refractivity contribution in [2.24, 2.45) is 0 Å². The zero-order valence-electron chi connectivity index (χ0n) is 9.18. The van der Waals surface area contributed by atoms with Crippen molar-refractivity contribution in [2.75, 3.05) is 26.8 Å². The SMILES string of the molecule is CC(Br)CN(C)C(=O)CCOCC(F)(F)F. The highest BCUT2D eigenvalue weighted by Gasteiger charge is 2.27. The van der Waals surface area contributed by atoms with Gasteiger partial charge in [0.1, 0.15) is 6.61 Å². The Morgan fingerprint density at radius 3 is 2.50 bits per heavy atom. The van der Waals surface area contributed by atoms with Crippen molar-refractivity contribution in [2.45, 2.75) is 24.3 Å². The lowest BCUT2D eigenvalue weighted by Gasteiger charge is -2.18. The molecule has 0 radical (unpaired) electrons. The van der Waals surface area contributed by atoms with Gasteiger partial charge in [-0.05, 0) is 0 Å². The molecule has 0 saturated carbocycles. The number of rotatable bonds is 6. The first-order chi connectivity index (χ1) is 7.22. The largest absolute Gasteiger partial charge is 0.411 e. The molecule has 0 aliphatic carbocycles. The van der Waals surface area contributed by atoms with Crippen LogP contribution in [0.4, 0.5) is 13.2 Å². The molecule has 0 bridgehead atoms. The van der Waals surface area contributed by atoms with E-state index in [1.165, 1.54) is 4.90 Å². The fourth-order valence-electron chi connectivity index (χ4n) is 1.02. The quantitative estimate of drug-likeness (QED) is 0.556. The molecule has 1 amide bonds. The van der Waals surface area contributed by atoms with Crippen LogP contribution in [0.1, 0.15) is 13.3 Å². The van der Waals surface area contributed by atoms with Gasteiger partial charge in [-0.2, -0.15) is 13.2 Å². The van der Waals surface area contributed by atoms with Crippen molar-refractivity contribution in [3.05, 3.63) is 0 Å². The minimum atomic E-state index is -4.33. The fourth-order valence-corrected chi connectivity index (χ4v) is 1.45. The molecular formula is C9H15BrF3NO2. The van der Waals surface area contributed by atoms with E-state index >= 15 is 0 Å². The number of hydrogen-bond donors (Lipinski definition) is 0. The summed E-state index contributed by atoms with van der Waals surface area (Å²) in [4.78, 5) is 13.0. The minimum Gasteiger partial charge on any atom is -0.372 e. The van der Waals surface area contributed by atoms with E-state index in [9.17, 15) is 18.0 Å². The third kappa shape index (κ3) is 8.96. The number of nitrogens with zero attached hydrogens (tertiary/aromatic N) is 1. The summed E-state index contributed by atoms with van der Waals surface area (Å²) >= 11 is 3.28. The number of amides is 1. The molecule has 0 aromatic rings. The number of hydrogen-bond acceptors (Lipinski definition) is 2. The van der Waals surface area contributed by atoms with Gasteiger partial charge in [0.05, 0.1) is 13.0 Å². The maximum absolute atomic E-state index is 11.7. The molecule has 3 nitrogen and oxygen atoms in total. The van der Waals surface area contributed by atoms with E-state index in [2.05, 4.69) is 20.7 Å². The molecule has 0 fully saturated rings. The van der Waals surface area contributed by atoms with Crippen molar-refractivity contribution in [3.63, 3.8) is 0 Å². The van der Waals surface area contributed by atoms with E-state index in [1.54, 1.807) is 7.05 Å². The van der Waals surface area contributed by atoms with E-state index in [1.807, 2.05) is 6.92 Å². The molecule has 0 spiro atoms. The van der Waals surface area contributed by atoms with Gasteiger partial charge in [0, 0.05) is 18.4 Å². The van der Waals surface area contributed by atoms with Gasteiger partial charge in [0.2, 0.25) is 5.91 Å². The summed E-state index contributed by atoms with van der Waals surface area (Å²) in [5.74, 6) is -0.228. The van der Waals surface area contributed by atoms with Gasteiger partial charge in [-0.15, -0.1) is 0 Å². The Hall–Kier alpha value is -0.300. The maximum Gasteiger partial charge on any atom is 0.411 e. The van der Waals surface area contributed by atoms with Crippen LogP contribution in [0, 0.1) is 0 Å². The van der Waals surface area contributed by atoms with Crippen LogP contribution in [0.5, 0.6) is 0 Å². The van der Waals surface area contributed by atoms with Gasteiger partial charge in [0.25, 0.3) is 0 Å². The van der Waals surface area contributed by atoms with E-state index in [0.717, 1.165) is 0 Å². The third-order valence-electron chi connectivity index (χ3n) is 1.68. The maximum atomic E-state index is 11.7. The highest BCUT2D eigenvalue weighted by molar-refractivity contribution is 9.09. The topological polar surface area (TPSA) is 29.5 Å². The van der Waals surface area contributed by atoms with Crippen molar-refractivity contribution in [1.29, 1.82) is 0 Å². The second-order valence-electron chi connectivity index (χ2n) is 3.47. The molecule has 1 unspecified atom stereocenters. The number of carbonyl (C=O) groups excluding carboxylic acids is 1. The van der Waals surface area contributed by atoms with Crippen molar-refractivity contribution < 1.29 is 22.7 Å². The van der Waals surface area contributed by atoms with Crippen LogP contribution in [0.3, 0.4) is 0 Å². The summed E-state index contributed by atoms with van der Waals surface area (Å²) < 4.78 is 39.4. The molecule has 0 aliphatic heterocycles. The first kappa shape index (κ1) is 15.7. The van der Waals surface area contributed by atoms with Crippen LogP contribution < -0.4 is 0 Å². The van der Waals surface area contributed by atoms with Crippen LogP contribution in [0.15, 0.2) is 0 Å². The lowest BCUT2D eigenvalue weighted by Crippen LogP contribution is -2.32. The first-order valence-corrected chi connectivity index (χ1v) is 5.66. The molecule has 0 aromatic carbocycles. The van der Waals surface area contributed by atoms with E-state index in [0.29, 0.717) is 6.54 Å². The zero-order chi connectivity index (χ0) is 12.8. The van der Waals surface area contributed by atoms with Crippen LogP contribution in [0.2, 0.25) is 0 Å². The minimum absolute atomic E-state index is 0.0354. The number of ether oxygens (including phenoxy) is 1. The molecule has 96 valence electrons. The standard InChI is InChI=1S/C9H15BrF3NO2/c1-7(10)5-14(2)8(15)3-4-16-6-9(11,12)13/h7H,3-6H2,1-2H3. The van der Waals surface area contributed by atoms with Crippen LogP contribution in [-0.4, -0.2) is 48.6 Å². The summed E-state index contributed by atoms with van der Waals surface area (Å²) in [6.45, 7) is 0.875. The Balaban J connectivity index is 3.65. The molecule has 0 heterocycles. The van der Waals surface area contributed by atoms with Crippen molar-refractivity contribution in [1.82, 2.24) is 4.90 Å². The smallest absolute Gasteiger partial charge is 0.372 e. The van der Waals surface area contributed by atoms with Crippen LogP contribution in [0.25, 0.3) is 0 Å². The van der Waals surface area contributed by atoms with Gasteiger partial charge in [-0.3, -0.25) is 4.79 Å². The average molecular weight is 306 g/mol. The summed E-state index contributed by atoms with van der Waals surface area (Å²) in [6.07, 6.45) is -4.37. The summed E-state index contributed by atoms with van der Waals surface area (Å²) in [5, 5.41) is 0. The summed E-state index contributed by atoms with van der Waals surface area (Å²) in [5.41, 5.74) is 0. The Morgan fingerprint density at radius 1 is 1.50 bits per heavy atom. The Morgan fingerprint density at radius 2 is 2.06 bits per heavy atom. The van der Waals surface area contributed by atoms with E-state index in [4.69, 9.17) is 0 Å². The molecule has 1 atom stereocenters. The van der Waals surface area contributed by atoms with E-state index < -0.39 is 12.8 Å². The first-order valence-electron chi connectivity index (χ1n) is 4.75. The molecule has 0 rings (SSSR count). The highest BCUT2D eigenvalue weighted by Crippen LogP contribution is 2.14. The summed E-state index contributed by atoms with van der Waals surface area (Å²) in [6, 6.07) is 0. The normalized spacial score (nSPS) is 13.6. The zero-order valence-corrected chi connectivity index (χ0v) is 10.8. The lowest BCUT2D eigenvalue weighted by atomic mass is 10.3. The molecule has 16 heavy (non-hydrogen) atoms. The molecule has 0 saturated heterocycles. The number of alkyl halides is 4.